The van der Waals surface area contributed by atoms with Crippen molar-refractivity contribution < 1.29 is 18.7 Å². The Labute approximate surface area is 147 Å². The number of hydrogen-bond acceptors (Lipinski definition) is 3. The minimum atomic E-state index is -1.11. The average molecular weight is 392 g/mol. The Morgan fingerprint density at radius 2 is 1.88 bits per heavy atom. The molecule has 0 aromatic heterocycles. The van der Waals surface area contributed by atoms with Crippen LogP contribution in [-0.2, 0) is 9.53 Å². The Hall–Kier alpha value is -2.21. The van der Waals surface area contributed by atoms with Crippen molar-refractivity contribution in [3.8, 4) is 0 Å². The van der Waals surface area contributed by atoms with Gasteiger partial charge in [0.25, 0.3) is 5.91 Å². The molecule has 6 heteroatoms. The summed E-state index contributed by atoms with van der Waals surface area (Å²) in [6.07, 6.45) is 0.729. The second-order valence-corrected chi connectivity index (χ2v) is 6.52. The number of carbonyl (C=O) groups is 2. The fraction of sp³-hybridized carbons (Fsp3) is 0.222. The van der Waals surface area contributed by atoms with Gasteiger partial charge in [-0.3, -0.25) is 4.79 Å². The molecule has 2 aromatic rings. The van der Waals surface area contributed by atoms with Crippen LogP contribution in [0.2, 0.25) is 0 Å². The smallest absolute Gasteiger partial charge is 0.342 e. The Kier molecular flexibility index (Phi) is 4.94. The molecule has 0 saturated heterocycles. The average Bonchev–Trinajstić information content (AvgIpc) is 3.37. The Morgan fingerprint density at radius 3 is 2.50 bits per heavy atom. The number of hydrogen-bond donors (Lipinski definition) is 1. The maximum absolute atomic E-state index is 13.9. The monoisotopic (exact) mass is 391 g/mol. The van der Waals surface area contributed by atoms with Crippen molar-refractivity contribution >= 4 is 27.8 Å². The van der Waals surface area contributed by atoms with E-state index in [1.54, 1.807) is 36.4 Å². The van der Waals surface area contributed by atoms with Crippen molar-refractivity contribution in [3.63, 3.8) is 0 Å². The van der Waals surface area contributed by atoms with E-state index in [0.717, 1.165) is 12.8 Å². The van der Waals surface area contributed by atoms with E-state index >= 15 is 0 Å². The number of amides is 1. The van der Waals surface area contributed by atoms with E-state index in [1.165, 1.54) is 12.1 Å². The van der Waals surface area contributed by atoms with Crippen LogP contribution in [0.15, 0.2) is 53.0 Å². The van der Waals surface area contributed by atoms with Crippen LogP contribution in [0.5, 0.6) is 0 Å². The predicted molar refractivity (Wildman–Crippen MR) is 89.9 cm³/mol. The van der Waals surface area contributed by atoms with Crippen molar-refractivity contribution in [2.24, 2.45) is 0 Å². The van der Waals surface area contributed by atoms with Crippen LogP contribution < -0.4 is 5.32 Å². The van der Waals surface area contributed by atoms with Crippen LogP contribution >= 0.6 is 15.9 Å². The van der Waals surface area contributed by atoms with Gasteiger partial charge in [-0.1, -0.05) is 46.3 Å². The lowest BCUT2D eigenvalue weighted by molar-refractivity contribution is -0.130. The lowest BCUT2D eigenvalue weighted by atomic mass is 10.1. The minimum absolute atomic E-state index is 0.131. The third kappa shape index (κ3) is 4.00. The Balaban J connectivity index is 1.82. The quantitative estimate of drug-likeness (QED) is 0.789. The fourth-order valence-corrected chi connectivity index (χ4v) is 2.56. The van der Waals surface area contributed by atoms with E-state index in [2.05, 4.69) is 21.2 Å². The summed E-state index contributed by atoms with van der Waals surface area (Å²) in [5, 5.41) is 2.82. The van der Waals surface area contributed by atoms with Gasteiger partial charge in [-0.25, -0.2) is 9.18 Å². The topological polar surface area (TPSA) is 55.4 Å². The van der Waals surface area contributed by atoms with Gasteiger partial charge in [-0.15, -0.1) is 0 Å². The Morgan fingerprint density at radius 1 is 1.17 bits per heavy atom. The highest BCUT2D eigenvalue weighted by molar-refractivity contribution is 9.10. The molecule has 0 bridgehead atoms. The zero-order chi connectivity index (χ0) is 17.1. The lowest BCUT2D eigenvalue weighted by Gasteiger charge is -2.18. The molecule has 1 saturated carbocycles. The third-order valence-corrected chi connectivity index (χ3v) is 4.13. The molecule has 0 unspecified atom stereocenters. The lowest BCUT2D eigenvalue weighted by Crippen LogP contribution is -2.33. The number of ether oxygens (including phenoxy) is 1. The molecule has 1 aliphatic carbocycles. The zero-order valence-corrected chi connectivity index (χ0v) is 14.3. The van der Waals surface area contributed by atoms with Crippen molar-refractivity contribution in [3.05, 3.63) is 69.9 Å². The molecule has 0 aliphatic heterocycles. The molecule has 0 radical (unpaired) electrons. The molecule has 0 heterocycles. The summed E-state index contributed by atoms with van der Waals surface area (Å²) in [5.41, 5.74) is 0.333. The van der Waals surface area contributed by atoms with Crippen LogP contribution in [0.3, 0.4) is 0 Å². The van der Waals surface area contributed by atoms with Gasteiger partial charge in [0, 0.05) is 16.1 Å². The van der Waals surface area contributed by atoms with Crippen LogP contribution in [0.25, 0.3) is 0 Å². The first-order chi connectivity index (χ1) is 11.5. The first-order valence-corrected chi connectivity index (χ1v) is 8.35. The van der Waals surface area contributed by atoms with E-state index in [1.807, 2.05) is 0 Å². The molecule has 1 N–H and O–H groups in total. The summed E-state index contributed by atoms with van der Waals surface area (Å²) < 4.78 is 19.8. The van der Waals surface area contributed by atoms with E-state index in [9.17, 15) is 14.0 Å². The normalized spacial score (nSPS) is 14.8. The van der Waals surface area contributed by atoms with Crippen LogP contribution in [0.4, 0.5) is 4.39 Å². The SMILES string of the molecule is O=C(O[C@H](C(=O)NC1CC1)c1ccccc1)c1ccc(Br)cc1F. The molecule has 1 aliphatic rings. The van der Waals surface area contributed by atoms with E-state index in [0.29, 0.717) is 10.0 Å². The number of benzene rings is 2. The van der Waals surface area contributed by atoms with Gasteiger partial charge in [0.05, 0.1) is 5.56 Å². The molecule has 0 spiro atoms. The molecule has 1 atom stereocenters. The highest BCUT2D eigenvalue weighted by Crippen LogP contribution is 2.25. The molecule has 2 aromatic carbocycles. The molecular formula is C18H15BrFNO3. The van der Waals surface area contributed by atoms with Crippen LogP contribution in [0, 0.1) is 5.82 Å². The minimum Gasteiger partial charge on any atom is -0.444 e. The van der Waals surface area contributed by atoms with Gasteiger partial charge in [-0.05, 0) is 31.0 Å². The van der Waals surface area contributed by atoms with E-state index in [4.69, 9.17) is 4.74 Å². The molecule has 3 rings (SSSR count). The van der Waals surface area contributed by atoms with Crippen LogP contribution in [0.1, 0.15) is 34.9 Å². The fourth-order valence-electron chi connectivity index (χ4n) is 2.23. The van der Waals surface area contributed by atoms with E-state index < -0.39 is 23.8 Å². The van der Waals surface area contributed by atoms with Gasteiger partial charge < -0.3 is 10.1 Å². The first-order valence-electron chi connectivity index (χ1n) is 7.56. The van der Waals surface area contributed by atoms with Crippen molar-refractivity contribution in [2.75, 3.05) is 0 Å². The second-order valence-electron chi connectivity index (χ2n) is 5.60. The summed E-state index contributed by atoms with van der Waals surface area (Å²) >= 11 is 3.13. The number of carbonyl (C=O) groups excluding carboxylic acids is 2. The highest BCUT2D eigenvalue weighted by Gasteiger charge is 2.31. The zero-order valence-electron chi connectivity index (χ0n) is 12.7. The number of rotatable bonds is 5. The van der Waals surface area contributed by atoms with Crippen molar-refractivity contribution in [2.45, 2.75) is 25.0 Å². The largest absolute Gasteiger partial charge is 0.444 e. The number of esters is 1. The van der Waals surface area contributed by atoms with Gasteiger partial charge in [0.2, 0.25) is 6.10 Å². The van der Waals surface area contributed by atoms with Crippen molar-refractivity contribution in [1.29, 1.82) is 0 Å². The summed E-state index contributed by atoms with van der Waals surface area (Å²) in [5.74, 6) is -1.97. The molecule has 124 valence electrons. The van der Waals surface area contributed by atoms with Gasteiger partial charge in [0.1, 0.15) is 5.82 Å². The number of nitrogens with one attached hydrogen (secondary N) is 1. The first kappa shape index (κ1) is 16.6. The predicted octanol–water partition coefficient (Wildman–Crippen LogP) is 3.76. The summed E-state index contributed by atoms with van der Waals surface area (Å²) in [6, 6.07) is 12.9. The van der Waals surface area contributed by atoms with Crippen molar-refractivity contribution in [1.82, 2.24) is 5.32 Å². The third-order valence-electron chi connectivity index (χ3n) is 3.64. The molecular weight excluding hydrogens is 377 g/mol. The van der Waals surface area contributed by atoms with Gasteiger partial charge in [0.15, 0.2) is 0 Å². The van der Waals surface area contributed by atoms with Gasteiger partial charge >= 0.3 is 5.97 Å². The Bertz CT molecular complexity index is 762. The van der Waals surface area contributed by atoms with Gasteiger partial charge in [-0.2, -0.15) is 0 Å². The maximum Gasteiger partial charge on any atom is 0.342 e. The van der Waals surface area contributed by atoms with E-state index in [-0.39, 0.29) is 11.6 Å². The summed E-state index contributed by atoms with van der Waals surface area (Å²) in [4.78, 5) is 24.7. The summed E-state index contributed by atoms with van der Waals surface area (Å²) in [7, 11) is 0. The van der Waals surface area contributed by atoms with Crippen LogP contribution in [-0.4, -0.2) is 17.9 Å². The molecule has 24 heavy (non-hydrogen) atoms. The molecule has 1 amide bonds. The molecule has 1 fully saturated rings. The maximum atomic E-state index is 13.9. The number of halogens is 2. The standard InChI is InChI=1S/C18H15BrFNO3/c19-12-6-9-14(15(20)10-12)18(23)24-16(11-4-2-1-3-5-11)17(22)21-13-7-8-13/h1-6,9-10,13,16H,7-8H2,(H,21,22)/t16-/m0/s1. The molecule has 4 nitrogen and oxygen atoms in total. The highest BCUT2D eigenvalue weighted by atomic mass is 79.9. The summed E-state index contributed by atoms with van der Waals surface area (Å²) in [6.45, 7) is 0. The second kappa shape index (κ2) is 7.13.